The van der Waals surface area contributed by atoms with E-state index in [0.29, 0.717) is 0 Å². The fourth-order valence-electron chi connectivity index (χ4n) is 1.61. The van der Waals surface area contributed by atoms with Crippen LogP contribution < -0.4 is 0 Å². The van der Waals surface area contributed by atoms with E-state index < -0.39 is 0 Å². The quantitative estimate of drug-likeness (QED) is 0.639. The summed E-state index contributed by atoms with van der Waals surface area (Å²) < 4.78 is 0. The van der Waals surface area contributed by atoms with Crippen LogP contribution in [0.2, 0.25) is 0 Å². The Bertz CT molecular complexity index is 557. The Labute approximate surface area is 102 Å². The van der Waals surface area contributed by atoms with Crippen molar-refractivity contribution in [2.45, 2.75) is 20.8 Å². The molecule has 2 nitrogen and oxygen atoms in total. The molecule has 2 heteroatoms. The van der Waals surface area contributed by atoms with Gasteiger partial charge in [-0.15, -0.1) is 0 Å². The molecule has 0 radical (unpaired) electrons. The van der Waals surface area contributed by atoms with E-state index in [2.05, 4.69) is 35.4 Å². The molecule has 0 aliphatic heterocycles. The monoisotopic (exact) mass is 224 g/mol. The lowest BCUT2D eigenvalue weighted by atomic mass is 10.1. The molecule has 0 heterocycles. The van der Waals surface area contributed by atoms with E-state index in [1.807, 2.05) is 38.1 Å². The van der Waals surface area contributed by atoms with Gasteiger partial charge in [-0.05, 0) is 49.6 Å². The molecular weight excluding hydrogens is 208 g/mol. The molecule has 0 saturated heterocycles. The van der Waals surface area contributed by atoms with Crippen molar-refractivity contribution in [2.75, 3.05) is 0 Å². The lowest BCUT2D eigenvalue weighted by Gasteiger charge is -2.01. The minimum Gasteiger partial charge on any atom is -0.150 e. The molecule has 0 saturated carbocycles. The van der Waals surface area contributed by atoms with Gasteiger partial charge in [0, 0.05) is 0 Å². The van der Waals surface area contributed by atoms with Crippen LogP contribution >= 0.6 is 0 Å². The molecule has 0 unspecified atom stereocenters. The van der Waals surface area contributed by atoms with Crippen LogP contribution in [0.15, 0.2) is 52.7 Å². The lowest BCUT2D eigenvalue weighted by Crippen LogP contribution is -1.76. The second-order valence-corrected chi connectivity index (χ2v) is 4.28. The van der Waals surface area contributed by atoms with Gasteiger partial charge in [0.2, 0.25) is 0 Å². The number of hydrogen-bond acceptors (Lipinski definition) is 2. The predicted octanol–water partition coefficient (Wildman–Crippen LogP) is 5.03. The Balaban J connectivity index is 2.32. The van der Waals surface area contributed by atoms with Crippen LogP contribution in [0, 0.1) is 20.8 Å². The van der Waals surface area contributed by atoms with Crippen LogP contribution in [0.4, 0.5) is 11.4 Å². The number of hydrogen-bond donors (Lipinski definition) is 0. The maximum Gasteiger partial charge on any atom is 0.0888 e. The molecule has 0 bridgehead atoms. The highest BCUT2D eigenvalue weighted by molar-refractivity contribution is 5.49. The average molecular weight is 224 g/mol. The van der Waals surface area contributed by atoms with Crippen LogP contribution in [0.5, 0.6) is 0 Å². The van der Waals surface area contributed by atoms with Gasteiger partial charge >= 0.3 is 0 Å². The fourth-order valence-corrected chi connectivity index (χ4v) is 1.61. The number of nitrogens with zero attached hydrogens (tertiary/aromatic N) is 2. The highest BCUT2D eigenvalue weighted by Gasteiger charge is 1.98. The molecule has 0 aliphatic carbocycles. The molecule has 0 amide bonds. The molecule has 0 fully saturated rings. The smallest absolute Gasteiger partial charge is 0.0888 e. The molecule has 2 aromatic carbocycles. The molecule has 0 atom stereocenters. The largest absolute Gasteiger partial charge is 0.150 e. The summed E-state index contributed by atoms with van der Waals surface area (Å²) in [5, 5.41) is 8.63. The minimum atomic E-state index is 0.924. The first kappa shape index (κ1) is 11.5. The second kappa shape index (κ2) is 4.91. The molecule has 86 valence electrons. The summed E-state index contributed by atoms with van der Waals surface area (Å²) in [5.41, 5.74) is 5.35. The fraction of sp³-hybridized carbons (Fsp3) is 0.200. The third kappa shape index (κ3) is 2.78. The summed E-state index contributed by atoms with van der Waals surface area (Å²) in [4.78, 5) is 0. The van der Waals surface area contributed by atoms with E-state index in [0.717, 1.165) is 22.5 Å². The summed E-state index contributed by atoms with van der Waals surface area (Å²) in [6.45, 7) is 6.15. The number of benzene rings is 2. The first-order chi connectivity index (χ1) is 8.16. The molecule has 0 spiro atoms. The maximum atomic E-state index is 4.32. The first-order valence-corrected chi connectivity index (χ1v) is 5.71. The number of aryl methyl sites for hydroxylation is 3. The van der Waals surface area contributed by atoms with Crippen LogP contribution in [0.1, 0.15) is 16.7 Å². The zero-order valence-corrected chi connectivity index (χ0v) is 10.4. The highest BCUT2D eigenvalue weighted by Crippen LogP contribution is 2.24. The SMILES string of the molecule is Cc1ccc(C)c(N=Nc2ccccc2C)c1. The summed E-state index contributed by atoms with van der Waals surface area (Å²) in [5.74, 6) is 0. The van der Waals surface area contributed by atoms with Crippen LogP contribution in [0.25, 0.3) is 0 Å². The highest BCUT2D eigenvalue weighted by atomic mass is 15.1. The van der Waals surface area contributed by atoms with Crippen molar-refractivity contribution >= 4 is 11.4 Å². The molecular formula is C15H16N2. The zero-order valence-electron chi connectivity index (χ0n) is 10.4. The molecule has 0 aromatic heterocycles. The lowest BCUT2D eigenvalue weighted by molar-refractivity contribution is 1.19. The van der Waals surface area contributed by atoms with Gasteiger partial charge < -0.3 is 0 Å². The third-order valence-electron chi connectivity index (χ3n) is 2.75. The Morgan fingerprint density at radius 1 is 0.706 bits per heavy atom. The Kier molecular flexibility index (Phi) is 3.33. The van der Waals surface area contributed by atoms with E-state index in [-0.39, 0.29) is 0 Å². The van der Waals surface area contributed by atoms with E-state index in [1.165, 1.54) is 5.56 Å². The first-order valence-electron chi connectivity index (χ1n) is 5.71. The summed E-state index contributed by atoms with van der Waals surface area (Å²) in [7, 11) is 0. The van der Waals surface area contributed by atoms with E-state index >= 15 is 0 Å². The topological polar surface area (TPSA) is 24.7 Å². The van der Waals surface area contributed by atoms with E-state index in [4.69, 9.17) is 0 Å². The summed E-state index contributed by atoms with van der Waals surface area (Å²) in [6.07, 6.45) is 0. The van der Waals surface area contributed by atoms with Gasteiger partial charge in [-0.25, -0.2) is 0 Å². The Morgan fingerprint density at radius 2 is 1.35 bits per heavy atom. The number of azo groups is 1. The second-order valence-electron chi connectivity index (χ2n) is 4.28. The van der Waals surface area contributed by atoms with Gasteiger partial charge in [-0.3, -0.25) is 0 Å². The van der Waals surface area contributed by atoms with Crippen molar-refractivity contribution < 1.29 is 0 Å². The van der Waals surface area contributed by atoms with Crippen molar-refractivity contribution in [2.24, 2.45) is 10.2 Å². The maximum absolute atomic E-state index is 4.32. The molecule has 17 heavy (non-hydrogen) atoms. The van der Waals surface area contributed by atoms with E-state index in [9.17, 15) is 0 Å². The summed E-state index contributed by atoms with van der Waals surface area (Å²) in [6, 6.07) is 14.2. The average Bonchev–Trinajstić information content (AvgIpc) is 2.32. The molecule has 0 aliphatic rings. The van der Waals surface area contributed by atoms with Crippen LogP contribution in [-0.2, 0) is 0 Å². The third-order valence-corrected chi connectivity index (χ3v) is 2.75. The van der Waals surface area contributed by atoms with Crippen LogP contribution in [-0.4, -0.2) is 0 Å². The summed E-state index contributed by atoms with van der Waals surface area (Å²) >= 11 is 0. The van der Waals surface area contributed by atoms with Gasteiger partial charge in [0.25, 0.3) is 0 Å². The van der Waals surface area contributed by atoms with Gasteiger partial charge in [-0.2, -0.15) is 10.2 Å². The standard InChI is InChI=1S/C15H16N2/c1-11-8-9-13(3)15(10-11)17-16-14-7-5-4-6-12(14)2/h4-10H,1-3H3. The van der Waals surface area contributed by atoms with Crippen molar-refractivity contribution in [1.29, 1.82) is 0 Å². The van der Waals surface area contributed by atoms with Crippen molar-refractivity contribution in [3.8, 4) is 0 Å². The molecule has 0 N–H and O–H groups in total. The van der Waals surface area contributed by atoms with Gasteiger partial charge in [0.15, 0.2) is 0 Å². The zero-order chi connectivity index (χ0) is 12.3. The Morgan fingerprint density at radius 3 is 2.12 bits per heavy atom. The van der Waals surface area contributed by atoms with Gasteiger partial charge in [0.1, 0.15) is 0 Å². The molecule has 2 aromatic rings. The van der Waals surface area contributed by atoms with Crippen molar-refractivity contribution in [3.63, 3.8) is 0 Å². The van der Waals surface area contributed by atoms with Gasteiger partial charge in [0.05, 0.1) is 11.4 Å². The van der Waals surface area contributed by atoms with E-state index in [1.54, 1.807) is 0 Å². The number of rotatable bonds is 2. The Hall–Kier alpha value is -1.96. The molecule has 2 rings (SSSR count). The van der Waals surface area contributed by atoms with Gasteiger partial charge in [-0.1, -0.05) is 30.3 Å². The van der Waals surface area contributed by atoms with Crippen molar-refractivity contribution in [1.82, 2.24) is 0 Å². The normalized spacial score (nSPS) is 11.0. The van der Waals surface area contributed by atoms with Crippen molar-refractivity contribution in [3.05, 3.63) is 59.2 Å². The predicted molar refractivity (Wildman–Crippen MR) is 71.3 cm³/mol. The minimum absolute atomic E-state index is 0.924. The van der Waals surface area contributed by atoms with Crippen LogP contribution in [0.3, 0.4) is 0 Å².